The largest absolute Gasteiger partial charge is 0.311 e. The first-order valence-electron chi connectivity index (χ1n) is 25.0. The molecule has 14 rings (SSSR count). The van der Waals surface area contributed by atoms with Crippen LogP contribution in [0.25, 0.3) is 66.9 Å². The summed E-state index contributed by atoms with van der Waals surface area (Å²) in [7, 11) is 0. The van der Waals surface area contributed by atoms with Crippen LogP contribution in [0.4, 0.5) is 34.1 Å². The molecule has 0 saturated heterocycles. The molecule has 0 radical (unpaired) electrons. The Morgan fingerprint density at radius 1 is 0.219 bits per heavy atom. The molecule has 0 amide bonds. The number of nitrogens with zero attached hydrogens (tertiary/aromatic N) is 4. The zero-order chi connectivity index (χ0) is 48.3. The van der Waals surface area contributed by atoms with Crippen LogP contribution >= 0.6 is 0 Å². The molecule has 0 atom stereocenters. The zero-order valence-electron chi connectivity index (χ0n) is 39.8. The minimum atomic E-state index is -0.612. The Morgan fingerprint density at radius 2 is 0.479 bits per heavy atom. The molecule has 342 valence electrons. The molecule has 4 nitrogen and oxygen atoms in total. The maximum Gasteiger partial charge on any atom is 0.0979 e. The number of anilines is 6. The van der Waals surface area contributed by atoms with Gasteiger partial charge >= 0.3 is 0 Å². The van der Waals surface area contributed by atoms with Gasteiger partial charge in [-0.3, -0.25) is 0 Å². The highest BCUT2D eigenvalue weighted by atomic mass is 15.1. The van der Waals surface area contributed by atoms with Crippen LogP contribution < -0.4 is 9.80 Å². The summed E-state index contributed by atoms with van der Waals surface area (Å²) in [5.74, 6) is 0. The normalized spacial score (nSPS) is 12.5. The van der Waals surface area contributed by atoms with Gasteiger partial charge in [-0.15, -0.1) is 0 Å². The van der Waals surface area contributed by atoms with Crippen LogP contribution in [0.2, 0.25) is 0 Å². The number of hydrogen-bond acceptors (Lipinski definition) is 4. The van der Waals surface area contributed by atoms with Crippen molar-refractivity contribution in [2.45, 2.75) is 5.41 Å². The summed E-state index contributed by atoms with van der Waals surface area (Å²) in [5, 5.41) is 0. The average molecular weight is 931 g/mol. The van der Waals surface area contributed by atoms with Gasteiger partial charge in [0, 0.05) is 56.4 Å². The summed E-state index contributed by atoms with van der Waals surface area (Å²) in [6.07, 6.45) is 0. The van der Waals surface area contributed by atoms with Gasteiger partial charge in [0.05, 0.1) is 27.8 Å². The van der Waals surface area contributed by atoms with E-state index in [0.717, 1.165) is 89.9 Å². The molecule has 2 aliphatic carbocycles. The second-order valence-electron chi connectivity index (χ2n) is 18.8. The Kier molecular flexibility index (Phi) is 10.0. The van der Waals surface area contributed by atoms with Crippen molar-refractivity contribution in [3.63, 3.8) is 0 Å². The number of rotatable bonds is 8. The van der Waals surface area contributed by atoms with E-state index in [9.17, 15) is 0 Å². The van der Waals surface area contributed by atoms with Gasteiger partial charge in [-0.05, 0) is 117 Å². The van der Waals surface area contributed by atoms with E-state index in [-0.39, 0.29) is 0 Å². The number of benzene rings is 11. The molecule has 0 aliphatic heterocycles. The van der Waals surface area contributed by atoms with Gasteiger partial charge in [-0.1, -0.05) is 206 Å². The standard InChI is InChI=1S/C69H46N4/c1-5-21-49(22-6-1)72(50-23-7-2-8-24-50)53-41-37-47(38-42-53)55-45-46-56(48-39-43-54(44-40-48)73(51-25-9-3-10-26-51)52-27-11-4-12-28-52)66-65(55)70-67-59-31-15-19-35-63(59)69(64-36-20-16-32-60(64)68(67)71-66)61-33-17-13-29-57(61)58-30-14-18-34-62(58)69/h1-46H. The number of hydrogen-bond donors (Lipinski definition) is 0. The van der Waals surface area contributed by atoms with Crippen LogP contribution in [0.15, 0.2) is 279 Å². The molecule has 0 fully saturated rings. The molecule has 2 aliphatic rings. The predicted octanol–water partition coefficient (Wildman–Crippen LogP) is 17.9. The van der Waals surface area contributed by atoms with E-state index in [1.165, 1.54) is 33.4 Å². The molecule has 0 N–H and O–H groups in total. The lowest BCUT2D eigenvalue weighted by Crippen LogP contribution is -2.29. The Hall–Kier alpha value is -9.64. The van der Waals surface area contributed by atoms with Crippen LogP contribution in [0.1, 0.15) is 22.3 Å². The fraction of sp³-hybridized carbons (Fsp3) is 0.0145. The molecule has 73 heavy (non-hydrogen) atoms. The first-order valence-corrected chi connectivity index (χ1v) is 25.0. The van der Waals surface area contributed by atoms with E-state index in [4.69, 9.17) is 9.97 Å². The van der Waals surface area contributed by atoms with Gasteiger partial charge in [0.1, 0.15) is 0 Å². The van der Waals surface area contributed by atoms with E-state index < -0.39 is 5.41 Å². The number of fused-ring (bicyclic) bond motifs is 13. The van der Waals surface area contributed by atoms with E-state index >= 15 is 0 Å². The molecule has 12 aromatic rings. The first kappa shape index (κ1) is 42.3. The Morgan fingerprint density at radius 3 is 0.808 bits per heavy atom. The van der Waals surface area contributed by atoms with Crippen molar-refractivity contribution in [2.75, 3.05) is 9.80 Å². The van der Waals surface area contributed by atoms with Gasteiger partial charge in [0.15, 0.2) is 0 Å². The maximum absolute atomic E-state index is 5.94. The zero-order valence-corrected chi connectivity index (χ0v) is 39.8. The summed E-state index contributed by atoms with van der Waals surface area (Å²) < 4.78 is 0. The molecule has 1 heterocycles. The van der Waals surface area contributed by atoms with E-state index in [1.807, 2.05) is 0 Å². The molecular weight excluding hydrogens is 885 g/mol. The number of aromatic nitrogens is 2. The summed E-state index contributed by atoms with van der Waals surface area (Å²) in [6.45, 7) is 0. The SMILES string of the molecule is c1ccc(N(c2ccccc2)c2ccc(-c3ccc(-c4ccc(N(c5ccccc5)c5ccccc5)cc4)c4nc5c(nc34)-c3ccccc3C3(c4ccccc4-c4ccccc43)c3ccccc3-5)cc2)cc1. The molecule has 0 unspecified atom stereocenters. The summed E-state index contributed by atoms with van der Waals surface area (Å²) >= 11 is 0. The van der Waals surface area contributed by atoms with Crippen molar-refractivity contribution in [2.24, 2.45) is 0 Å². The third-order valence-electron chi connectivity index (χ3n) is 14.9. The van der Waals surface area contributed by atoms with Crippen LogP contribution in [0, 0.1) is 0 Å². The van der Waals surface area contributed by atoms with E-state index in [0.29, 0.717) is 0 Å². The van der Waals surface area contributed by atoms with Crippen LogP contribution in [-0.4, -0.2) is 9.97 Å². The Bertz CT molecular complexity index is 3660. The van der Waals surface area contributed by atoms with E-state index in [2.05, 4.69) is 289 Å². The molecule has 0 saturated carbocycles. The third-order valence-corrected chi connectivity index (χ3v) is 14.9. The smallest absolute Gasteiger partial charge is 0.0979 e. The first-order chi connectivity index (χ1) is 36.2. The minimum Gasteiger partial charge on any atom is -0.311 e. The maximum atomic E-state index is 5.94. The van der Waals surface area contributed by atoms with Crippen molar-refractivity contribution in [3.05, 3.63) is 301 Å². The lowest BCUT2D eigenvalue weighted by Gasteiger charge is -2.35. The molecule has 0 bridgehead atoms. The summed E-state index contributed by atoms with van der Waals surface area (Å²) in [5.41, 5.74) is 23.1. The van der Waals surface area contributed by atoms with Crippen molar-refractivity contribution < 1.29 is 0 Å². The Labute approximate surface area is 425 Å². The van der Waals surface area contributed by atoms with E-state index in [1.54, 1.807) is 0 Å². The fourth-order valence-corrected chi connectivity index (χ4v) is 11.8. The summed E-state index contributed by atoms with van der Waals surface area (Å²) in [4.78, 5) is 16.5. The highest BCUT2D eigenvalue weighted by molar-refractivity contribution is 6.05. The third kappa shape index (κ3) is 6.76. The molecular formula is C69H46N4. The quantitative estimate of drug-likeness (QED) is 0.152. The van der Waals surface area contributed by atoms with Gasteiger partial charge in [-0.25, -0.2) is 9.97 Å². The topological polar surface area (TPSA) is 32.3 Å². The second kappa shape index (κ2) is 17.3. The molecule has 1 spiro atoms. The fourth-order valence-electron chi connectivity index (χ4n) is 11.8. The minimum absolute atomic E-state index is 0.612. The van der Waals surface area contributed by atoms with Gasteiger partial charge in [0.2, 0.25) is 0 Å². The van der Waals surface area contributed by atoms with Crippen molar-refractivity contribution >= 4 is 45.2 Å². The van der Waals surface area contributed by atoms with Crippen molar-refractivity contribution in [1.29, 1.82) is 0 Å². The van der Waals surface area contributed by atoms with Crippen LogP contribution in [-0.2, 0) is 5.41 Å². The highest BCUT2D eigenvalue weighted by Gasteiger charge is 2.50. The molecule has 4 heteroatoms. The second-order valence-corrected chi connectivity index (χ2v) is 18.8. The average Bonchev–Trinajstić information content (AvgIpc) is 3.72. The van der Waals surface area contributed by atoms with Crippen molar-refractivity contribution in [1.82, 2.24) is 9.97 Å². The molecule has 1 aromatic heterocycles. The number of para-hydroxylation sites is 4. The highest BCUT2D eigenvalue weighted by Crippen LogP contribution is 2.61. The van der Waals surface area contributed by atoms with Gasteiger partial charge < -0.3 is 9.80 Å². The van der Waals surface area contributed by atoms with Crippen LogP contribution in [0.3, 0.4) is 0 Å². The Balaban J connectivity index is 1.00. The van der Waals surface area contributed by atoms with Crippen LogP contribution in [0.5, 0.6) is 0 Å². The monoisotopic (exact) mass is 930 g/mol. The summed E-state index contributed by atoms with van der Waals surface area (Å²) in [6, 6.07) is 100. The molecule has 11 aromatic carbocycles. The van der Waals surface area contributed by atoms with Crippen molar-refractivity contribution in [3.8, 4) is 55.9 Å². The van der Waals surface area contributed by atoms with Gasteiger partial charge in [-0.2, -0.15) is 0 Å². The lowest BCUT2D eigenvalue weighted by molar-refractivity contribution is 0.775. The lowest BCUT2D eigenvalue weighted by atomic mass is 9.66. The van der Waals surface area contributed by atoms with Gasteiger partial charge in [0.25, 0.3) is 0 Å². The predicted molar refractivity (Wildman–Crippen MR) is 302 cm³/mol.